The Bertz CT molecular complexity index is 2800. The van der Waals surface area contributed by atoms with Crippen LogP contribution in [0.15, 0.2) is 23.6 Å². The zero-order valence-corrected chi connectivity index (χ0v) is 57.0. The molecule has 1 aliphatic rings. The molecule has 0 radical (unpaired) electrons. The van der Waals surface area contributed by atoms with Gasteiger partial charge in [0.2, 0.25) is 41.4 Å². The number of esters is 1. The maximum Gasteiger partial charge on any atom is 0.409 e. The second-order valence-electron chi connectivity index (χ2n) is 24.6. The lowest BCUT2D eigenvalue weighted by Crippen LogP contribution is -2.60. The molecule has 9 amide bonds. The number of carboxylic acid groups (broad SMARTS) is 1. The number of nitrogens with one attached hydrogen (secondary N) is 9. The minimum Gasteiger partial charge on any atom is -0.481 e. The predicted octanol–water partition coefficient (Wildman–Crippen LogP) is 2.50. The molecule has 3 unspecified atom stereocenters. The summed E-state index contributed by atoms with van der Waals surface area (Å²) in [5.41, 5.74) is 5.13. The van der Waals surface area contributed by atoms with E-state index in [1.54, 1.807) is 64.7 Å². The van der Waals surface area contributed by atoms with E-state index in [1.807, 2.05) is 27.7 Å². The molecule has 3 rings (SSSR count). The van der Waals surface area contributed by atoms with Gasteiger partial charge in [0.25, 0.3) is 5.91 Å². The van der Waals surface area contributed by atoms with Gasteiger partial charge in [0.15, 0.2) is 11.9 Å². The second kappa shape index (κ2) is 39.2. The van der Waals surface area contributed by atoms with E-state index in [1.165, 1.54) is 50.4 Å². The lowest BCUT2D eigenvalue weighted by atomic mass is 9.92. The van der Waals surface area contributed by atoms with E-state index in [0.717, 1.165) is 11.3 Å². The third-order valence-electron chi connectivity index (χ3n) is 15.7. The van der Waals surface area contributed by atoms with Gasteiger partial charge in [-0.1, -0.05) is 61.0 Å². The summed E-state index contributed by atoms with van der Waals surface area (Å²) in [5.74, 6) is -7.68. The summed E-state index contributed by atoms with van der Waals surface area (Å²) >= 11 is 1.04. The van der Waals surface area contributed by atoms with Crippen LogP contribution < -0.4 is 52.8 Å². The standard InChI is InChI=1S/C62H101N13O16S/c1-16-38(6)53(72-60(86)62(9,10)74(13)14)58(83)75(15)45(36(2)3)34-47(91-61(87)73(11)12)57-70-44(35-92-57)55(81)68-42(31-39(7)59(84)85)32-41-17-18-46-43(33-41)69-54(80)40(8)67-56(82)52(37(4)5)71-50(78)21-27-88-29-25-63-48(76)19-23-65-66-24-20-49(77)64-26-30-89-28-22-51(79)90-46/h17-18,33,35-40,42,45,47,52-53,65-66H,16,19-32,34H2,1-15H3,(H,63,76)(H,64,77)(H,67,82)(H,68,81)(H,69,80)(H,71,78)(H,72,86)(H,84,85)/t38-,39?,40?,42+,45+,47+,52?,53-/m0/s1. The molecule has 8 atom stereocenters. The summed E-state index contributed by atoms with van der Waals surface area (Å²) in [7, 11) is 8.21. The fourth-order valence-corrected chi connectivity index (χ4v) is 9.96. The van der Waals surface area contributed by atoms with E-state index in [-0.39, 0.29) is 149 Å². The highest BCUT2D eigenvalue weighted by Gasteiger charge is 2.39. The second-order valence-corrected chi connectivity index (χ2v) is 25.5. The molecule has 29 nitrogen and oxygen atoms in total. The summed E-state index contributed by atoms with van der Waals surface area (Å²) in [5, 5.41) is 31.2. The summed E-state index contributed by atoms with van der Waals surface area (Å²) in [6, 6.07) is -0.219. The van der Waals surface area contributed by atoms with Gasteiger partial charge in [-0.15, -0.1) is 11.3 Å². The van der Waals surface area contributed by atoms with E-state index in [0.29, 0.717) is 18.5 Å². The molecule has 92 heavy (non-hydrogen) atoms. The van der Waals surface area contributed by atoms with E-state index in [9.17, 15) is 57.8 Å². The van der Waals surface area contributed by atoms with Crippen molar-refractivity contribution in [1.82, 2.24) is 62.4 Å². The maximum atomic E-state index is 14.5. The Kier molecular flexibility index (Phi) is 33.6. The molecule has 516 valence electrons. The summed E-state index contributed by atoms with van der Waals surface area (Å²) in [4.78, 5) is 156. The van der Waals surface area contributed by atoms with Crippen molar-refractivity contribution in [2.45, 2.75) is 162 Å². The number of aromatic nitrogens is 1. The lowest BCUT2D eigenvalue weighted by molar-refractivity contribution is -0.142. The van der Waals surface area contributed by atoms with Crippen molar-refractivity contribution in [3.63, 3.8) is 0 Å². The van der Waals surface area contributed by atoms with Crippen molar-refractivity contribution in [2.75, 3.05) is 93.2 Å². The Morgan fingerprint density at radius 1 is 0.783 bits per heavy atom. The third kappa shape index (κ3) is 26.7. The largest absolute Gasteiger partial charge is 0.481 e. The summed E-state index contributed by atoms with van der Waals surface area (Å²) in [6.07, 6.45) is -1.37. The average Bonchev–Trinajstić information content (AvgIpc) is 1.26. The van der Waals surface area contributed by atoms with E-state index >= 15 is 0 Å². The van der Waals surface area contributed by atoms with Crippen LogP contribution >= 0.6 is 11.3 Å². The number of hydrogen-bond acceptors (Lipinski definition) is 20. The summed E-state index contributed by atoms with van der Waals surface area (Å²) in [6.45, 7) is 18.5. The zero-order chi connectivity index (χ0) is 69.0. The number of carboxylic acids is 1. The number of hydrazine groups is 1. The fraction of sp³-hybridized carbons (Fsp3) is 0.677. The molecule has 0 aliphatic carbocycles. The topological polar surface area (TPSA) is 376 Å². The Labute approximate surface area is 544 Å². The van der Waals surface area contributed by atoms with Crippen LogP contribution in [-0.4, -0.2) is 214 Å². The minimum absolute atomic E-state index is 0.00736. The van der Waals surface area contributed by atoms with Gasteiger partial charge in [-0.2, -0.15) is 0 Å². The van der Waals surface area contributed by atoms with Crippen molar-refractivity contribution >= 4 is 82.3 Å². The molecule has 0 fully saturated rings. The van der Waals surface area contributed by atoms with Crippen molar-refractivity contribution < 1.29 is 76.8 Å². The minimum atomic E-state index is -1.24. The number of likely N-dealkylation sites (N-methyl/N-ethyl adjacent to an activating group) is 2. The normalized spacial score (nSPS) is 19.2. The summed E-state index contributed by atoms with van der Waals surface area (Å²) < 4.78 is 22.9. The quantitative estimate of drug-likeness (QED) is 0.0672. The van der Waals surface area contributed by atoms with Gasteiger partial charge in [0.1, 0.15) is 28.8 Å². The first-order valence-electron chi connectivity index (χ1n) is 31.3. The van der Waals surface area contributed by atoms with Gasteiger partial charge in [0, 0.05) is 90.5 Å². The first-order valence-corrected chi connectivity index (χ1v) is 32.2. The third-order valence-corrected chi connectivity index (χ3v) is 16.6. The van der Waals surface area contributed by atoms with Gasteiger partial charge in [-0.05, 0) is 83.2 Å². The van der Waals surface area contributed by atoms with Crippen molar-refractivity contribution in [3.05, 3.63) is 39.8 Å². The number of amides is 9. The first-order chi connectivity index (χ1) is 43.3. The van der Waals surface area contributed by atoms with E-state index in [4.69, 9.17) is 18.9 Å². The molecule has 0 bridgehead atoms. The maximum absolute atomic E-state index is 14.5. The number of aliphatic carboxylic acids is 1. The van der Waals surface area contributed by atoms with Crippen LogP contribution in [0.3, 0.4) is 0 Å². The molecule has 10 N–H and O–H groups in total. The zero-order valence-electron chi connectivity index (χ0n) is 56.2. The molecule has 1 aromatic heterocycles. The van der Waals surface area contributed by atoms with Crippen LogP contribution in [0.4, 0.5) is 10.5 Å². The number of carbonyl (C=O) groups is 11. The van der Waals surface area contributed by atoms with Gasteiger partial charge >= 0.3 is 18.0 Å². The van der Waals surface area contributed by atoms with Crippen molar-refractivity contribution in [2.24, 2.45) is 23.7 Å². The smallest absolute Gasteiger partial charge is 0.409 e. The van der Waals surface area contributed by atoms with Crippen LogP contribution in [-0.2, 0) is 63.8 Å². The molecule has 1 aliphatic heterocycles. The van der Waals surface area contributed by atoms with Crippen LogP contribution in [0.25, 0.3) is 0 Å². The lowest BCUT2D eigenvalue weighted by Gasteiger charge is -2.38. The SMILES string of the molecule is CC[C@H](C)[C@H](NC(=O)C(C)(C)N(C)C)C(=O)N(C)[C@H](C[C@@H](OC(=O)N(C)C)c1nc(C(=O)N[C@@H](Cc2ccc3c(c2)NC(=O)C(C)NC(=O)C(C(C)C)NC(=O)CCOCCNC(=O)CCNNCCC(=O)NCCOCCC(=O)O3)CC(C)C(=O)O)cs1)C(C)C. The Morgan fingerprint density at radius 3 is 1.95 bits per heavy atom. The first kappa shape index (κ1) is 78.9. The van der Waals surface area contributed by atoms with Crippen LogP contribution in [0.5, 0.6) is 5.75 Å². The Hall–Kier alpha value is -7.38. The monoisotopic (exact) mass is 1320 g/mol. The number of rotatable bonds is 20. The number of anilines is 1. The highest BCUT2D eigenvalue weighted by molar-refractivity contribution is 7.09. The van der Waals surface area contributed by atoms with E-state index < -0.39 is 95.3 Å². The molecular formula is C62H101N13O16S. The van der Waals surface area contributed by atoms with Crippen LogP contribution in [0.1, 0.15) is 141 Å². The Balaban J connectivity index is 1.98. The number of hydrogen-bond donors (Lipinski definition) is 10. The molecule has 0 saturated carbocycles. The number of thiazole rings is 1. The van der Waals surface area contributed by atoms with Gasteiger partial charge in [0.05, 0.1) is 50.0 Å². The number of benzene rings is 1. The molecule has 2 aromatic rings. The molecule has 0 saturated heterocycles. The molecule has 1 aromatic carbocycles. The van der Waals surface area contributed by atoms with Crippen molar-refractivity contribution in [3.8, 4) is 5.75 Å². The molecule has 2 heterocycles. The average molecular weight is 1320 g/mol. The number of fused-ring (bicyclic) bond motifs is 1. The fourth-order valence-electron chi connectivity index (χ4n) is 9.12. The molecule has 0 spiro atoms. The molecular weight excluding hydrogens is 1210 g/mol. The molecule has 30 heteroatoms. The van der Waals surface area contributed by atoms with Crippen LogP contribution in [0, 0.1) is 23.7 Å². The number of nitrogens with zero attached hydrogens (tertiary/aromatic N) is 4. The predicted molar refractivity (Wildman–Crippen MR) is 344 cm³/mol. The number of carbonyl (C=O) groups excluding carboxylic acids is 10. The van der Waals surface area contributed by atoms with Crippen LogP contribution in [0.2, 0.25) is 0 Å². The van der Waals surface area contributed by atoms with Gasteiger partial charge in [-0.25, -0.2) is 9.78 Å². The highest BCUT2D eigenvalue weighted by Crippen LogP contribution is 2.33. The van der Waals surface area contributed by atoms with Gasteiger partial charge < -0.3 is 71.1 Å². The van der Waals surface area contributed by atoms with Crippen molar-refractivity contribution in [1.29, 1.82) is 0 Å². The Morgan fingerprint density at radius 2 is 1.39 bits per heavy atom. The number of ether oxygens (including phenoxy) is 4. The van der Waals surface area contributed by atoms with E-state index in [2.05, 4.69) is 53.1 Å². The van der Waals surface area contributed by atoms with Gasteiger partial charge in [-0.3, -0.25) is 63.7 Å². The highest BCUT2D eigenvalue weighted by atomic mass is 32.1.